The van der Waals surface area contributed by atoms with Crippen molar-refractivity contribution >= 4 is 28.8 Å². The fourth-order valence-corrected chi connectivity index (χ4v) is 4.02. The van der Waals surface area contributed by atoms with Crippen LogP contribution in [0.2, 0.25) is 0 Å². The molecular formula is C24H27N3O2. The molecule has 0 atom stereocenters. The largest absolute Gasteiger partial charge is 0.369 e. The van der Waals surface area contributed by atoms with Gasteiger partial charge in [-0.05, 0) is 36.4 Å². The smallest absolute Gasteiger partial charge is 0.233 e. The predicted molar refractivity (Wildman–Crippen MR) is 118 cm³/mol. The van der Waals surface area contributed by atoms with Gasteiger partial charge in [0.15, 0.2) is 6.29 Å². The molecule has 150 valence electrons. The van der Waals surface area contributed by atoms with E-state index in [2.05, 4.69) is 41.1 Å². The van der Waals surface area contributed by atoms with Gasteiger partial charge in [-0.1, -0.05) is 38.1 Å². The van der Waals surface area contributed by atoms with Gasteiger partial charge in [-0.3, -0.25) is 14.2 Å². The van der Waals surface area contributed by atoms with Crippen molar-refractivity contribution in [1.29, 1.82) is 0 Å². The third kappa shape index (κ3) is 3.58. The molecule has 2 aromatic carbocycles. The van der Waals surface area contributed by atoms with E-state index in [9.17, 15) is 9.59 Å². The first-order chi connectivity index (χ1) is 14.0. The maximum atomic E-state index is 12.6. The van der Waals surface area contributed by atoms with E-state index in [0.29, 0.717) is 5.56 Å². The van der Waals surface area contributed by atoms with Gasteiger partial charge in [-0.25, -0.2) is 0 Å². The highest BCUT2D eigenvalue weighted by Gasteiger charge is 2.19. The number of likely N-dealkylation sites (N-methyl/N-ethyl adjacent to an activating group) is 1. The summed E-state index contributed by atoms with van der Waals surface area (Å²) in [5, 5.41) is 0.837. The zero-order valence-electron chi connectivity index (χ0n) is 17.3. The summed E-state index contributed by atoms with van der Waals surface area (Å²) in [6, 6.07) is 14.4. The van der Waals surface area contributed by atoms with Gasteiger partial charge in [-0.2, -0.15) is 0 Å². The standard InChI is InChI=1S/C24H27N3O2/c1-17(2)24(29)27-15-19(16-28)23-21(5-4-6-22(23)27)18-7-9-20(10-8-18)26-13-11-25(3)12-14-26/h4-10,15-17H,11-14H2,1-3H3. The van der Waals surface area contributed by atoms with Crippen molar-refractivity contribution in [3.05, 3.63) is 54.2 Å². The highest BCUT2D eigenvalue weighted by molar-refractivity contribution is 6.09. The van der Waals surface area contributed by atoms with Gasteiger partial charge in [0.05, 0.1) is 5.52 Å². The Morgan fingerprint density at radius 3 is 2.31 bits per heavy atom. The van der Waals surface area contributed by atoms with Crippen LogP contribution in [0.1, 0.15) is 29.0 Å². The Balaban J connectivity index is 1.74. The number of fused-ring (bicyclic) bond motifs is 1. The fourth-order valence-electron chi connectivity index (χ4n) is 4.02. The summed E-state index contributed by atoms with van der Waals surface area (Å²) in [6.45, 7) is 7.94. The molecular weight excluding hydrogens is 362 g/mol. The van der Waals surface area contributed by atoms with Crippen LogP contribution in [0.25, 0.3) is 22.0 Å². The van der Waals surface area contributed by atoms with E-state index in [0.717, 1.165) is 54.5 Å². The van der Waals surface area contributed by atoms with Gasteiger partial charge < -0.3 is 9.80 Å². The molecule has 0 radical (unpaired) electrons. The van der Waals surface area contributed by atoms with Crippen LogP contribution in [0.5, 0.6) is 0 Å². The molecule has 2 heterocycles. The highest BCUT2D eigenvalue weighted by atomic mass is 16.2. The number of carbonyl (C=O) groups is 2. The number of carbonyl (C=O) groups excluding carboxylic acids is 2. The molecule has 5 nitrogen and oxygen atoms in total. The summed E-state index contributed by atoms with van der Waals surface area (Å²) in [5.41, 5.74) is 4.58. The van der Waals surface area contributed by atoms with Crippen molar-refractivity contribution in [2.45, 2.75) is 13.8 Å². The zero-order valence-corrected chi connectivity index (χ0v) is 17.3. The summed E-state index contributed by atoms with van der Waals surface area (Å²) in [7, 11) is 2.15. The maximum Gasteiger partial charge on any atom is 0.233 e. The van der Waals surface area contributed by atoms with Crippen LogP contribution in [0.3, 0.4) is 0 Å². The minimum Gasteiger partial charge on any atom is -0.369 e. The molecule has 0 unspecified atom stereocenters. The maximum absolute atomic E-state index is 12.6. The number of aldehydes is 1. The first-order valence-electron chi connectivity index (χ1n) is 10.2. The molecule has 5 heteroatoms. The molecule has 29 heavy (non-hydrogen) atoms. The second kappa shape index (κ2) is 7.84. The predicted octanol–water partition coefficient (Wildman–Crippen LogP) is 4.17. The third-order valence-electron chi connectivity index (χ3n) is 5.76. The average molecular weight is 389 g/mol. The molecule has 0 bridgehead atoms. The number of benzene rings is 2. The Hall–Kier alpha value is -2.92. The zero-order chi connectivity index (χ0) is 20.5. The second-order valence-electron chi connectivity index (χ2n) is 8.10. The van der Waals surface area contributed by atoms with Crippen molar-refractivity contribution in [3.63, 3.8) is 0 Å². The van der Waals surface area contributed by atoms with Crippen molar-refractivity contribution in [2.24, 2.45) is 5.92 Å². The van der Waals surface area contributed by atoms with E-state index in [-0.39, 0.29) is 11.8 Å². The van der Waals surface area contributed by atoms with E-state index in [1.54, 1.807) is 10.8 Å². The summed E-state index contributed by atoms with van der Waals surface area (Å²) in [5.74, 6) is -0.151. The van der Waals surface area contributed by atoms with E-state index in [4.69, 9.17) is 0 Å². The number of nitrogens with zero attached hydrogens (tertiary/aromatic N) is 3. The van der Waals surface area contributed by atoms with Gasteiger partial charge >= 0.3 is 0 Å². The van der Waals surface area contributed by atoms with E-state index < -0.39 is 0 Å². The summed E-state index contributed by atoms with van der Waals surface area (Å²) >= 11 is 0. The van der Waals surface area contributed by atoms with Gasteiger partial charge in [-0.15, -0.1) is 0 Å². The Labute approximate surface area is 171 Å². The van der Waals surface area contributed by atoms with Gasteiger partial charge in [0.25, 0.3) is 0 Å². The SMILES string of the molecule is CC(C)C(=O)n1cc(C=O)c2c(-c3ccc(N4CCN(C)CC4)cc3)cccc21. The summed E-state index contributed by atoms with van der Waals surface area (Å²) in [6.07, 6.45) is 2.51. The van der Waals surface area contributed by atoms with Crippen molar-refractivity contribution < 1.29 is 9.59 Å². The molecule has 0 spiro atoms. The Morgan fingerprint density at radius 1 is 1.00 bits per heavy atom. The van der Waals surface area contributed by atoms with Crippen LogP contribution in [-0.4, -0.2) is 54.9 Å². The lowest BCUT2D eigenvalue weighted by Crippen LogP contribution is -2.44. The molecule has 3 aromatic rings. The Morgan fingerprint density at radius 2 is 1.69 bits per heavy atom. The topological polar surface area (TPSA) is 45.6 Å². The van der Waals surface area contributed by atoms with E-state index in [1.165, 1.54) is 5.69 Å². The van der Waals surface area contributed by atoms with Crippen LogP contribution < -0.4 is 4.90 Å². The molecule has 0 saturated carbocycles. The number of hydrogen-bond acceptors (Lipinski definition) is 4. The molecule has 1 aromatic heterocycles. The number of aromatic nitrogens is 1. The first-order valence-corrected chi connectivity index (χ1v) is 10.2. The Kier molecular flexibility index (Phi) is 5.24. The number of hydrogen-bond donors (Lipinski definition) is 0. The summed E-state index contributed by atoms with van der Waals surface area (Å²) < 4.78 is 1.62. The molecule has 1 fully saturated rings. The van der Waals surface area contributed by atoms with E-state index in [1.807, 2.05) is 32.0 Å². The molecule has 1 aliphatic rings. The first kappa shape index (κ1) is 19.4. The molecule has 1 saturated heterocycles. The average Bonchev–Trinajstić information content (AvgIpc) is 3.13. The normalized spacial score (nSPS) is 15.2. The molecule has 0 aliphatic carbocycles. The van der Waals surface area contributed by atoms with Crippen LogP contribution in [0.4, 0.5) is 5.69 Å². The fraction of sp³-hybridized carbons (Fsp3) is 0.333. The second-order valence-corrected chi connectivity index (χ2v) is 8.10. The van der Waals surface area contributed by atoms with Crippen molar-refractivity contribution in [1.82, 2.24) is 9.47 Å². The van der Waals surface area contributed by atoms with Gasteiger partial charge in [0.1, 0.15) is 0 Å². The quantitative estimate of drug-likeness (QED) is 0.629. The van der Waals surface area contributed by atoms with E-state index >= 15 is 0 Å². The van der Waals surface area contributed by atoms with Crippen LogP contribution >= 0.6 is 0 Å². The third-order valence-corrected chi connectivity index (χ3v) is 5.76. The van der Waals surface area contributed by atoms with Gasteiger partial charge in [0, 0.05) is 54.9 Å². The molecule has 4 rings (SSSR count). The van der Waals surface area contributed by atoms with Crippen molar-refractivity contribution in [2.75, 3.05) is 38.1 Å². The van der Waals surface area contributed by atoms with Crippen LogP contribution in [0.15, 0.2) is 48.7 Å². The number of anilines is 1. The molecule has 0 N–H and O–H groups in total. The highest BCUT2D eigenvalue weighted by Crippen LogP contribution is 2.33. The van der Waals surface area contributed by atoms with Crippen molar-refractivity contribution in [3.8, 4) is 11.1 Å². The minimum absolute atomic E-state index is 0.00864. The lowest BCUT2D eigenvalue weighted by Gasteiger charge is -2.34. The monoisotopic (exact) mass is 389 g/mol. The lowest BCUT2D eigenvalue weighted by molar-refractivity contribution is 0.0861. The van der Waals surface area contributed by atoms with Crippen LogP contribution in [0, 0.1) is 5.92 Å². The molecule has 1 aliphatic heterocycles. The van der Waals surface area contributed by atoms with Crippen LogP contribution in [-0.2, 0) is 0 Å². The number of rotatable bonds is 4. The molecule has 0 amide bonds. The summed E-state index contributed by atoms with van der Waals surface area (Å²) in [4.78, 5) is 29.1. The minimum atomic E-state index is -0.142. The number of piperazine rings is 1. The lowest BCUT2D eigenvalue weighted by atomic mass is 9.99. The van der Waals surface area contributed by atoms with Gasteiger partial charge in [0.2, 0.25) is 5.91 Å². The Bertz CT molecular complexity index is 1040.